The minimum absolute atomic E-state index is 0.0185. The normalized spacial score (nSPS) is 22.0. The summed E-state index contributed by atoms with van der Waals surface area (Å²) in [6, 6.07) is 3.92. The van der Waals surface area contributed by atoms with Gasteiger partial charge in [0.25, 0.3) is 0 Å². The van der Waals surface area contributed by atoms with Gasteiger partial charge >= 0.3 is 0 Å². The lowest BCUT2D eigenvalue weighted by Gasteiger charge is -2.26. The lowest BCUT2D eigenvalue weighted by atomic mass is 9.81. The van der Waals surface area contributed by atoms with E-state index < -0.39 is 11.6 Å². The summed E-state index contributed by atoms with van der Waals surface area (Å²) >= 11 is 0. The van der Waals surface area contributed by atoms with Crippen LogP contribution >= 0.6 is 0 Å². The summed E-state index contributed by atoms with van der Waals surface area (Å²) in [4.78, 5) is 0. The van der Waals surface area contributed by atoms with Gasteiger partial charge in [-0.25, -0.2) is 8.78 Å². The van der Waals surface area contributed by atoms with E-state index in [9.17, 15) is 8.78 Å². The molecule has 0 heterocycles. The predicted molar refractivity (Wildman–Crippen MR) is 78.5 cm³/mol. The molecular formula is C17H22F2N2. The number of nitrogens with one attached hydrogen (secondary N) is 1. The summed E-state index contributed by atoms with van der Waals surface area (Å²) < 4.78 is 27.4. The lowest BCUT2D eigenvalue weighted by molar-refractivity contribution is 0.267. The van der Waals surface area contributed by atoms with Crippen LogP contribution < -0.4 is 5.32 Å². The van der Waals surface area contributed by atoms with Crippen LogP contribution in [0.2, 0.25) is 0 Å². The Hall–Kier alpha value is -1.47. The minimum Gasteiger partial charge on any atom is -0.312 e. The van der Waals surface area contributed by atoms with Gasteiger partial charge in [-0.05, 0) is 43.4 Å². The van der Waals surface area contributed by atoms with Gasteiger partial charge in [0.15, 0.2) is 0 Å². The number of nitriles is 1. The van der Waals surface area contributed by atoms with Gasteiger partial charge in [-0.1, -0.05) is 26.2 Å². The Labute approximate surface area is 125 Å². The number of benzene rings is 1. The van der Waals surface area contributed by atoms with E-state index in [1.54, 1.807) is 6.07 Å². The third-order valence-electron chi connectivity index (χ3n) is 4.35. The first kappa shape index (κ1) is 15.9. The number of halogens is 2. The van der Waals surface area contributed by atoms with Gasteiger partial charge in [0.2, 0.25) is 0 Å². The maximum Gasteiger partial charge on any atom is 0.131 e. The van der Waals surface area contributed by atoms with E-state index >= 15 is 0 Å². The monoisotopic (exact) mass is 292 g/mol. The number of hydrogen-bond acceptors (Lipinski definition) is 2. The summed E-state index contributed by atoms with van der Waals surface area (Å²) in [5, 5.41) is 11.8. The van der Waals surface area contributed by atoms with Crippen molar-refractivity contribution >= 4 is 0 Å². The molecule has 0 bridgehead atoms. The highest BCUT2D eigenvalue weighted by Crippen LogP contribution is 2.30. The molecule has 2 atom stereocenters. The molecule has 2 rings (SSSR count). The highest BCUT2D eigenvalue weighted by Gasteiger charge is 2.18. The second-order valence-electron chi connectivity index (χ2n) is 6.13. The van der Waals surface area contributed by atoms with E-state index in [0.717, 1.165) is 36.9 Å². The second-order valence-corrected chi connectivity index (χ2v) is 6.13. The Bertz CT molecular complexity index is 499. The van der Waals surface area contributed by atoms with Crippen LogP contribution in [0.4, 0.5) is 8.78 Å². The molecule has 2 nitrogen and oxygen atoms in total. The van der Waals surface area contributed by atoms with Crippen LogP contribution in [0.15, 0.2) is 12.1 Å². The van der Waals surface area contributed by atoms with Crippen molar-refractivity contribution in [2.45, 2.75) is 45.6 Å². The van der Waals surface area contributed by atoms with Crippen molar-refractivity contribution in [1.82, 2.24) is 5.32 Å². The Balaban J connectivity index is 1.80. The largest absolute Gasteiger partial charge is 0.312 e. The Morgan fingerprint density at radius 2 is 2.00 bits per heavy atom. The average molecular weight is 292 g/mol. The molecule has 1 aromatic carbocycles. The van der Waals surface area contributed by atoms with Crippen molar-refractivity contribution in [3.63, 3.8) is 0 Å². The summed E-state index contributed by atoms with van der Waals surface area (Å²) in [6.45, 7) is 3.24. The smallest absolute Gasteiger partial charge is 0.131 e. The zero-order chi connectivity index (χ0) is 15.2. The topological polar surface area (TPSA) is 35.8 Å². The third-order valence-corrected chi connectivity index (χ3v) is 4.35. The zero-order valence-corrected chi connectivity index (χ0v) is 12.5. The summed E-state index contributed by atoms with van der Waals surface area (Å²) in [5.74, 6) is 0.241. The third kappa shape index (κ3) is 4.50. The summed E-state index contributed by atoms with van der Waals surface area (Å²) in [5.41, 5.74) is 0.0379. The van der Waals surface area contributed by atoms with Crippen LogP contribution in [0.3, 0.4) is 0 Å². The van der Waals surface area contributed by atoms with E-state index in [2.05, 4.69) is 12.2 Å². The molecule has 0 amide bonds. The van der Waals surface area contributed by atoms with Crippen LogP contribution in [-0.2, 0) is 6.54 Å². The number of rotatable bonds is 5. The van der Waals surface area contributed by atoms with Crippen molar-refractivity contribution in [1.29, 1.82) is 5.26 Å². The van der Waals surface area contributed by atoms with Crippen molar-refractivity contribution in [2.24, 2.45) is 11.8 Å². The minimum atomic E-state index is -0.648. The molecule has 1 aliphatic carbocycles. The zero-order valence-electron chi connectivity index (χ0n) is 12.5. The van der Waals surface area contributed by atoms with E-state index in [1.165, 1.54) is 25.7 Å². The van der Waals surface area contributed by atoms with Crippen LogP contribution in [0.25, 0.3) is 0 Å². The molecule has 0 saturated heterocycles. The molecule has 1 saturated carbocycles. The van der Waals surface area contributed by atoms with Crippen molar-refractivity contribution in [2.75, 3.05) is 6.54 Å². The second kappa shape index (κ2) is 7.51. The van der Waals surface area contributed by atoms with Gasteiger partial charge in [0.05, 0.1) is 11.6 Å². The fraction of sp³-hybridized carbons (Fsp3) is 0.588. The lowest BCUT2D eigenvalue weighted by Crippen LogP contribution is -2.22. The molecule has 1 N–H and O–H groups in total. The molecule has 2 unspecified atom stereocenters. The summed E-state index contributed by atoms with van der Waals surface area (Å²) in [6.07, 6.45) is 6.22. The van der Waals surface area contributed by atoms with E-state index in [0.29, 0.717) is 0 Å². The van der Waals surface area contributed by atoms with Gasteiger partial charge in [-0.2, -0.15) is 5.26 Å². The van der Waals surface area contributed by atoms with Crippen LogP contribution in [0.5, 0.6) is 0 Å². The molecule has 114 valence electrons. The number of hydrogen-bond donors (Lipinski definition) is 1. The quantitative estimate of drug-likeness (QED) is 0.828. The van der Waals surface area contributed by atoms with Gasteiger partial charge in [0.1, 0.15) is 11.6 Å². The maximum atomic E-state index is 13.7. The first-order valence-corrected chi connectivity index (χ1v) is 7.69. The number of nitrogens with zero attached hydrogens (tertiary/aromatic N) is 1. The average Bonchev–Trinajstić information content (AvgIpc) is 2.45. The van der Waals surface area contributed by atoms with Crippen molar-refractivity contribution in [3.05, 3.63) is 34.9 Å². The Morgan fingerprint density at radius 3 is 2.62 bits per heavy atom. The Kier molecular flexibility index (Phi) is 5.69. The highest BCUT2D eigenvalue weighted by atomic mass is 19.1. The molecular weight excluding hydrogens is 270 g/mol. The van der Waals surface area contributed by atoms with E-state index in [-0.39, 0.29) is 17.7 Å². The highest BCUT2D eigenvalue weighted by molar-refractivity contribution is 5.34. The van der Waals surface area contributed by atoms with Gasteiger partial charge < -0.3 is 5.32 Å². The van der Waals surface area contributed by atoms with Gasteiger partial charge in [-0.3, -0.25) is 0 Å². The molecule has 21 heavy (non-hydrogen) atoms. The molecule has 1 aliphatic rings. The summed E-state index contributed by atoms with van der Waals surface area (Å²) in [7, 11) is 0. The predicted octanol–water partition coefficient (Wildman–Crippen LogP) is 4.14. The van der Waals surface area contributed by atoms with Gasteiger partial charge in [0, 0.05) is 12.1 Å². The maximum absolute atomic E-state index is 13.7. The molecule has 0 aromatic heterocycles. The first-order valence-electron chi connectivity index (χ1n) is 7.69. The molecule has 0 radical (unpaired) electrons. The first-order chi connectivity index (χ1) is 10.1. The van der Waals surface area contributed by atoms with Crippen molar-refractivity contribution in [3.8, 4) is 6.07 Å². The van der Waals surface area contributed by atoms with Crippen molar-refractivity contribution < 1.29 is 8.78 Å². The van der Waals surface area contributed by atoms with Crippen LogP contribution in [0, 0.1) is 34.8 Å². The molecule has 1 aromatic rings. The Morgan fingerprint density at radius 1 is 1.29 bits per heavy atom. The SMILES string of the molecule is CC1CCCC(CCNCc2c(F)cc(C#N)cc2F)C1. The fourth-order valence-electron chi connectivity index (χ4n) is 3.18. The van der Waals surface area contributed by atoms with Crippen LogP contribution in [-0.4, -0.2) is 6.54 Å². The molecule has 1 fully saturated rings. The van der Waals surface area contributed by atoms with Gasteiger partial charge in [-0.15, -0.1) is 0 Å². The van der Waals surface area contributed by atoms with E-state index in [4.69, 9.17) is 5.26 Å². The van der Waals surface area contributed by atoms with E-state index in [1.807, 2.05) is 0 Å². The van der Waals surface area contributed by atoms with Crippen LogP contribution in [0.1, 0.15) is 50.2 Å². The standard InChI is InChI=1S/C17H22F2N2/c1-12-3-2-4-13(7-12)5-6-21-11-15-16(18)8-14(10-20)9-17(15)19/h8-9,12-13,21H,2-7,11H2,1H3. The molecule has 0 aliphatic heterocycles. The molecule has 4 heteroatoms. The molecule has 0 spiro atoms. The fourth-order valence-corrected chi connectivity index (χ4v) is 3.18.